The van der Waals surface area contributed by atoms with Gasteiger partial charge < -0.3 is 24.4 Å². The van der Waals surface area contributed by atoms with Gasteiger partial charge in [-0.1, -0.05) is 0 Å². The van der Waals surface area contributed by atoms with Crippen molar-refractivity contribution < 1.29 is 19.0 Å². The maximum Gasteiger partial charge on any atom is 0.224 e. The predicted octanol–water partition coefficient (Wildman–Crippen LogP) is 1.00. The largest absolute Gasteiger partial charge is 0.380 e. The normalized spacial score (nSPS) is 33.6. The van der Waals surface area contributed by atoms with Crippen molar-refractivity contribution in [1.82, 2.24) is 10.2 Å². The lowest BCUT2D eigenvalue weighted by atomic mass is 9.72. The lowest BCUT2D eigenvalue weighted by molar-refractivity contribution is -0.202. The molecule has 2 heterocycles. The summed E-state index contributed by atoms with van der Waals surface area (Å²) < 4.78 is 17.1. The second-order valence-electron chi connectivity index (χ2n) is 7.04. The Bertz CT molecular complexity index is 411. The summed E-state index contributed by atoms with van der Waals surface area (Å²) in [5.41, 5.74) is 0. The summed E-state index contributed by atoms with van der Waals surface area (Å²) in [5.74, 6) is 0.320. The zero-order chi connectivity index (χ0) is 16.3. The highest BCUT2D eigenvalue weighted by Gasteiger charge is 2.49. The Hall–Kier alpha value is -0.690. The van der Waals surface area contributed by atoms with Gasteiger partial charge in [-0.25, -0.2) is 0 Å². The predicted molar refractivity (Wildman–Crippen MR) is 86.0 cm³/mol. The van der Waals surface area contributed by atoms with E-state index in [9.17, 15) is 4.79 Å². The molecule has 3 rings (SSSR count). The topological polar surface area (TPSA) is 60.0 Å². The smallest absolute Gasteiger partial charge is 0.224 e. The summed E-state index contributed by atoms with van der Waals surface area (Å²) in [6.45, 7) is 6.08. The van der Waals surface area contributed by atoms with Crippen LogP contribution in [0.2, 0.25) is 0 Å². The molecule has 1 amide bonds. The van der Waals surface area contributed by atoms with Crippen LogP contribution in [0, 0.1) is 11.8 Å². The van der Waals surface area contributed by atoms with Crippen molar-refractivity contribution in [2.24, 2.45) is 11.8 Å². The Morgan fingerprint density at radius 3 is 2.91 bits per heavy atom. The fourth-order valence-corrected chi connectivity index (χ4v) is 4.47. The molecule has 132 valence electrons. The molecule has 0 bridgehead atoms. The molecule has 23 heavy (non-hydrogen) atoms. The molecule has 3 fully saturated rings. The van der Waals surface area contributed by atoms with Gasteiger partial charge in [-0.15, -0.1) is 0 Å². The molecule has 0 aromatic rings. The van der Waals surface area contributed by atoms with Crippen LogP contribution in [0.15, 0.2) is 0 Å². The van der Waals surface area contributed by atoms with Crippen LogP contribution in [0.4, 0.5) is 0 Å². The maximum absolute atomic E-state index is 12.4. The fraction of sp³-hybridized carbons (Fsp3) is 0.941. The van der Waals surface area contributed by atoms with E-state index in [0.29, 0.717) is 44.9 Å². The highest BCUT2D eigenvalue weighted by Crippen LogP contribution is 2.44. The number of hydrogen-bond acceptors (Lipinski definition) is 5. The second kappa shape index (κ2) is 7.47. The standard InChI is InChI=1S/C17H30N2O4/c1-3-21-7-6-18-16(20)14-10-13-11-17(22-8-9-23-17)5-4-15(13)19(2)12-14/h13-15H,3-12H2,1-2H3,(H,18,20)/t13-,14-,15-/m1/s1. The minimum absolute atomic E-state index is 0.0550. The Kier molecular flexibility index (Phi) is 5.57. The number of carbonyl (C=O) groups is 1. The van der Waals surface area contributed by atoms with Gasteiger partial charge in [-0.05, 0) is 32.7 Å². The van der Waals surface area contributed by atoms with Crippen molar-refractivity contribution in [2.75, 3.05) is 46.6 Å². The molecule has 0 radical (unpaired) electrons. The van der Waals surface area contributed by atoms with Gasteiger partial charge in [-0.3, -0.25) is 4.79 Å². The number of nitrogens with zero attached hydrogens (tertiary/aromatic N) is 1. The average molecular weight is 326 g/mol. The molecule has 1 spiro atoms. The SMILES string of the molecule is CCOCCNC(=O)[C@@H]1C[C@@H]2CC3(CC[C@H]2N(C)C1)OCCO3. The van der Waals surface area contributed by atoms with Crippen molar-refractivity contribution in [2.45, 2.75) is 44.4 Å². The van der Waals surface area contributed by atoms with E-state index in [-0.39, 0.29) is 17.6 Å². The summed E-state index contributed by atoms with van der Waals surface area (Å²) in [7, 11) is 2.14. The molecule has 3 atom stereocenters. The van der Waals surface area contributed by atoms with E-state index < -0.39 is 0 Å². The Morgan fingerprint density at radius 2 is 2.17 bits per heavy atom. The van der Waals surface area contributed by atoms with Gasteiger partial charge >= 0.3 is 0 Å². The Balaban J connectivity index is 1.55. The fourth-order valence-electron chi connectivity index (χ4n) is 4.47. The zero-order valence-corrected chi connectivity index (χ0v) is 14.4. The Morgan fingerprint density at radius 1 is 1.39 bits per heavy atom. The van der Waals surface area contributed by atoms with Crippen LogP contribution in [0.5, 0.6) is 0 Å². The van der Waals surface area contributed by atoms with Crippen molar-refractivity contribution in [1.29, 1.82) is 0 Å². The first-order chi connectivity index (χ1) is 11.1. The van der Waals surface area contributed by atoms with E-state index in [1.165, 1.54) is 0 Å². The van der Waals surface area contributed by atoms with E-state index in [4.69, 9.17) is 14.2 Å². The van der Waals surface area contributed by atoms with Gasteiger partial charge in [0.2, 0.25) is 5.91 Å². The lowest BCUT2D eigenvalue weighted by Gasteiger charge is -2.49. The number of ether oxygens (including phenoxy) is 3. The molecule has 3 aliphatic rings. The third-order valence-electron chi connectivity index (χ3n) is 5.53. The van der Waals surface area contributed by atoms with Crippen LogP contribution in [0.1, 0.15) is 32.6 Å². The lowest BCUT2D eigenvalue weighted by Crippen LogP contribution is -2.55. The molecule has 2 aliphatic heterocycles. The van der Waals surface area contributed by atoms with E-state index in [1.807, 2.05) is 6.92 Å². The second-order valence-corrected chi connectivity index (χ2v) is 7.04. The summed E-state index contributed by atoms with van der Waals surface area (Å²) in [6, 6.07) is 0.556. The Labute approximate surface area is 138 Å². The van der Waals surface area contributed by atoms with Crippen LogP contribution in [0.3, 0.4) is 0 Å². The van der Waals surface area contributed by atoms with Crippen LogP contribution in [-0.4, -0.2) is 69.2 Å². The molecular weight excluding hydrogens is 296 g/mol. The van der Waals surface area contributed by atoms with E-state index in [2.05, 4.69) is 17.3 Å². The first-order valence-electron chi connectivity index (χ1n) is 8.97. The number of amides is 1. The first kappa shape index (κ1) is 17.1. The van der Waals surface area contributed by atoms with E-state index in [1.54, 1.807) is 0 Å². The van der Waals surface area contributed by atoms with Gasteiger partial charge in [0.25, 0.3) is 0 Å². The van der Waals surface area contributed by atoms with Crippen LogP contribution < -0.4 is 5.32 Å². The molecule has 0 unspecified atom stereocenters. The third-order valence-corrected chi connectivity index (χ3v) is 5.53. The van der Waals surface area contributed by atoms with Gasteiger partial charge in [0.15, 0.2) is 5.79 Å². The van der Waals surface area contributed by atoms with Gasteiger partial charge in [0.05, 0.1) is 25.7 Å². The molecule has 0 aromatic heterocycles. The van der Waals surface area contributed by atoms with Gasteiger partial charge in [0, 0.05) is 38.6 Å². The molecule has 1 saturated carbocycles. The number of likely N-dealkylation sites (tertiary alicyclic amines) is 1. The highest BCUT2D eigenvalue weighted by atomic mass is 16.7. The average Bonchev–Trinajstić information content (AvgIpc) is 2.98. The summed E-state index contributed by atoms with van der Waals surface area (Å²) in [5, 5.41) is 3.01. The number of fused-ring (bicyclic) bond motifs is 1. The van der Waals surface area contributed by atoms with Crippen LogP contribution >= 0.6 is 0 Å². The molecule has 1 aliphatic carbocycles. The quantitative estimate of drug-likeness (QED) is 0.764. The first-order valence-corrected chi connectivity index (χ1v) is 8.97. The van der Waals surface area contributed by atoms with E-state index in [0.717, 1.165) is 32.2 Å². The van der Waals surface area contributed by atoms with Crippen molar-refractivity contribution >= 4 is 5.91 Å². The minimum atomic E-state index is -0.366. The molecule has 0 aromatic carbocycles. The molecule has 6 heteroatoms. The number of piperidine rings is 1. The molecule has 6 nitrogen and oxygen atoms in total. The zero-order valence-electron chi connectivity index (χ0n) is 14.4. The summed E-state index contributed by atoms with van der Waals surface area (Å²) in [4.78, 5) is 14.8. The van der Waals surface area contributed by atoms with Crippen molar-refractivity contribution in [3.8, 4) is 0 Å². The monoisotopic (exact) mass is 326 g/mol. The molecule has 2 saturated heterocycles. The number of hydrogen-bond donors (Lipinski definition) is 1. The summed E-state index contributed by atoms with van der Waals surface area (Å²) >= 11 is 0. The third kappa shape index (κ3) is 3.87. The van der Waals surface area contributed by atoms with Gasteiger partial charge in [-0.2, -0.15) is 0 Å². The van der Waals surface area contributed by atoms with Crippen LogP contribution in [-0.2, 0) is 19.0 Å². The number of nitrogens with one attached hydrogen (secondary N) is 1. The van der Waals surface area contributed by atoms with Crippen molar-refractivity contribution in [3.63, 3.8) is 0 Å². The van der Waals surface area contributed by atoms with Crippen molar-refractivity contribution in [3.05, 3.63) is 0 Å². The van der Waals surface area contributed by atoms with Crippen LogP contribution in [0.25, 0.3) is 0 Å². The van der Waals surface area contributed by atoms with E-state index >= 15 is 0 Å². The highest BCUT2D eigenvalue weighted by molar-refractivity contribution is 5.79. The summed E-state index contributed by atoms with van der Waals surface area (Å²) in [6.07, 6.45) is 3.93. The minimum Gasteiger partial charge on any atom is -0.380 e. The molecular formula is C17H30N2O4. The number of carbonyl (C=O) groups excluding carboxylic acids is 1. The van der Waals surface area contributed by atoms with Gasteiger partial charge in [0.1, 0.15) is 0 Å². The number of rotatable bonds is 5. The maximum atomic E-state index is 12.4. The molecule has 1 N–H and O–H groups in total.